The lowest BCUT2D eigenvalue weighted by Crippen LogP contribution is -2.10. The monoisotopic (exact) mass is 256 g/mol. The molecule has 0 N–H and O–H groups in total. The summed E-state index contributed by atoms with van der Waals surface area (Å²) in [5.74, 6) is -0.0667. The van der Waals surface area contributed by atoms with Crippen molar-refractivity contribution in [3.63, 3.8) is 0 Å². The number of halogens is 1. The Hall–Kier alpha value is -1.26. The van der Waals surface area contributed by atoms with Crippen LogP contribution in [-0.4, -0.2) is 19.7 Å². The molecule has 0 unspecified atom stereocenters. The van der Waals surface area contributed by atoms with Crippen LogP contribution in [0.1, 0.15) is 28.4 Å². The number of ether oxygens (including phenoxy) is 3. The minimum absolute atomic E-state index is 0.310. The summed E-state index contributed by atoms with van der Waals surface area (Å²) in [6.07, 6.45) is 0. The largest absolute Gasteiger partial charge is 0.494 e. The van der Waals surface area contributed by atoms with E-state index in [0.717, 1.165) is 11.1 Å². The van der Waals surface area contributed by atoms with Gasteiger partial charge in [-0.05, 0) is 18.6 Å². The molecule has 92 valence electrons. The topological polar surface area (TPSA) is 44.8 Å². The fourth-order valence-corrected chi connectivity index (χ4v) is 2.20. The van der Waals surface area contributed by atoms with Gasteiger partial charge in [-0.1, -0.05) is 11.6 Å². The van der Waals surface area contributed by atoms with Crippen molar-refractivity contribution in [1.82, 2.24) is 0 Å². The minimum Gasteiger partial charge on any atom is -0.494 e. The summed E-state index contributed by atoms with van der Waals surface area (Å²) >= 11 is 6.07. The SMILES string of the molecule is CCOC(=O)c1c2c(cc(Cl)c1OC)COC2. The van der Waals surface area contributed by atoms with E-state index in [4.69, 9.17) is 25.8 Å². The molecular formula is C12H13ClO4. The molecule has 0 radical (unpaired) electrons. The molecule has 0 saturated carbocycles. The molecular weight excluding hydrogens is 244 g/mol. The fraction of sp³-hybridized carbons (Fsp3) is 0.417. The standard InChI is InChI=1S/C12H13ClO4/c1-3-17-12(14)10-8-6-16-5-7(8)4-9(13)11(10)15-2/h4H,3,5-6H2,1-2H3. The quantitative estimate of drug-likeness (QED) is 0.780. The first-order valence-electron chi connectivity index (χ1n) is 5.32. The summed E-state index contributed by atoms with van der Waals surface area (Å²) in [4.78, 5) is 11.9. The van der Waals surface area contributed by atoms with Crippen molar-refractivity contribution < 1.29 is 19.0 Å². The fourth-order valence-electron chi connectivity index (χ4n) is 1.90. The molecule has 2 rings (SSSR count). The second kappa shape index (κ2) is 4.94. The van der Waals surface area contributed by atoms with Crippen LogP contribution in [0.25, 0.3) is 0 Å². The molecule has 0 amide bonds. The van der Waals surface area contributed by atoms with Crippen molar-refractivity contribution in [1.29, 1.82) is 0 Å². The zero-order valence-corrected chi connectivity index (χ0v) is 10.5. The minimum atomic E-state index is -0.423. The van der Waals surface area contributed by atoms with E-state index in [0.29, 0.717) is 36.2 Å². The Morgan fingerprint density at radius 3 is 2.94 bits per heavy atom. The smallest absolute Gasteiger partial charge is 0.342 e. The van der Waals surface area contributed by atoms with Gasteiger partial charge in [0.25, 0.3) is 0 Å². The van der Waals surface area contributed by atoms with Crippen LogP contribution in [0.5, 0.6) is 5.75 Å². The highest BCUT2D eigenvalue weighted by atomic mass is 35.5. The van der Waals surface area contributed by atoms with Gasteiger partial charge in [0.1, 0.15) is 5.56 Å². The van der Waals surface area contributed by atoms with Gasteiger partial charge in [0.2, 0.25) is 0 Å². The van der Waals surface area contributed by atoms with E-state index in [2.05, 4.69) is 0 Å². The van der Waals surface area contributed by atoms with E-state index in [-0.39, 0.29) is 0 Å². The van der Waals surface area contributed by atoms with E-state index in [1.807, 2.05) is 0 Å². The van der Waals surface area contributed by atoms with Gasteiger partial charge in [0, 0.05) is 5.56 Å². The first kappa shape index (κ1) is 12.2. The molecule has 5 heteroatoms. The third-order valence-corrected chi connectivity index (χ3v) is 2.90. The average molecular weight is 257 g/mol. The third kappa shape index (κ3) is 2.10. The van der Waals surface area contributed by atoms with Crippen molar-refractivity contribution in [2.45, 2.75) is 20.1 Å². The lowest BCUT2D eigenvalue weighted by Gasteiger charge is -2.13. The predicted molar refractivity (Wildman–Crippen MR) is 62.5 cm³/mol. The Morgan fingerprint density at radius 2 is 2.29 bits per heavy atom. The van der Waals surface area contributed by atoms with Crippen molar-refractivity contribution in [3.05, 3.63) is 27.8 Å². The third-order valence-electron chi connectivity index (χ3n) is 2.62. The zero-order chi connectivity index (χ0) is 12.4. The number of esters is 1. The Labute approximate surface area is 104 Å². The maximum Gasteiger partial charge on any atom is 0.342 e. The normalized spacial score (nSPS) is 13.4. The van der Waals surface area contributed by atoms with E-state index in [1.165, 1.54) is 7.11 Å². The van der Waals surface area contributed by atoms with Crippen molar-refractivity contribution in [2.75, 3.05) is 13.7 Å². The first-order valence-corrected chi connectivity index (χ1v) is 5.70. The maximum atomic E-state index is 11.9. The maximum absolute atomic E-state index is 11.9. The molecule has 0 aromatic heterocycles. The summed E-state index contributed by atoms with van der Waals surface area (Å²) in [7, 11) is 1.48. The van der Waals surface area contributed by atoms with E-state index >= 15 is 0 Å². The number of hydrogen-bond donors (Lipinski definition) is 0. The van der Waals surface area contributed by atoms with Crippen LogP contribution in [0, 0.1) is 0 Å². The molecule has 1 aromatic carbocycles. The van der Waals surface area contributed by atoms with Crippen LogP contribution in [0.3, 0.4) is 0 Å². The lowest BCUT2D eigenvalue weighted by molar-refractivity contribution is 0.0518. The van der Waals surface area contributed by atoms with Gasteiger partial charge < -0.3 is 14.2 Å². The Kier molecular flexibility index (Phi) is 3.54. The molecule has 1 aliphatic rings. The van der Waals surface area contributed by atoms with Crippen LogP contribution in [0.2, 0.25) is 5.02 Å². The highest BCUT2D eigenvalue weighted by Crippen LogP contribution is 2.37. The molecule has 1 aromatic rings. The first-order chi connectivity index (χ1) is 8.19. The number of benzene rings is 1. The van der Waals surface area contributed by atoms with Crippen LogP contribution in [0.4, 0.5) is 0 Å². The highest BCUT2D eigenvalue weighted by molar-refractivity contribution is 6.32. The van der Waals surface area contributed by atoms with Crippen molar-refractivity contribution in [2.24, 2.45) is 0 Å². The summed E-state index contributed by atoms with van der Waals surface area (Å²) in [6, 6.07) is 1.77. The molecule has 0 spiro atoms. The van der Waals surface area contributed by atoms with Crippen LogP contribution < -0.4 is 4.74 Å². The van der Waals surface area contributed by atoms with Gasteiger partial charge >= 0.3 is 5.97 Å². The second-order valence-corrected chi connectivity index (χ2v) is 4.02. The van der Waals surface area contributed by atoms with Crippen LogP contribution in [0.15, 0.2) is 6.07 Å². The van der Waals surface area contributed by atoms with E-state index in [1.54, 1.807) is 13.0 Å². The second-order valence-electron chi connectivity index (χ2n) is 3.62. The van der Waals surface area contributed by atoms with Gasteiger partial charge in [0.15, 0.2) is 5.75 Å². The molecule has 17 heavy (non-hydrogen) atoms. The molecule has 0 bridgehead atoms. The zero-order valence-electron chi connectivity index (χ0n) is 9.71. The molecule has 0 aliphatic carbocycles. The Bertz CT molecular complexity index is 453. The van der Waals surface area contributed by atoms with Crippen LogP contribution >= 0.6 is 11.6 Å². The number of hydrogen-bond acceptors (Lipinski definition) is 4. The van der Waals surface area contributed by atoms with Crippen LogP contribution in [-0.2, 0) is 22.7 Å². The van der Waals surface area contributed by atoms with Crippen molar-refractivity contribution in [3.8, 4) is 5.75 Å². The summed E-state index contributed by atoms with van der Waals surface area (Å²) in [5, 5.41) is 0.403. The Morgan fingerprint density at radius 1 is 1.53 bits per heavy atom. The van der Waals surface area contributed by atoms with E-state index in [9.17, 15) is 4.79 Å². The number of rotatable bonds is 3. The summed E-state index contributed by atoms with van der Waals surface area (Å²) in [5.41, 5.74) is 2.11. The van der Waals surface area contributed by atoms with Gasteiger partial charge in [-0.15, -0.1) is 0 Å². The average Bonchev–Trinajstić information content (AvgIpc) is 2.74. The van der Waals surface area contributed by atoms with Gasteiger partial charge in [-0.25, -0.2) is 4.79 Å². The van der Waals surface area contributed by atoms with Gasteiger partial charge in [0.05, 0.1) is 32.0 Å². The van der Waals surface area contributed by atoms with E-state index < -0.39 is 5.97 Å². The van der Waals surface area contributed by atoms with Crippen molar-refractivity contribution >= 4 is 17.6 Å². The molecule has 0 fully saturated rings. The number of fused-ring (bicyclic) bond motifs is 1. The van der Waals surface area contributed by atoms with Gasteiger partial charge in [-0.2, -0.15) is 0 Å². The number of methoxy groups -OCH3 is 1. The number of carbonyl (C=O) groups is 1. The summed E-state index contributed by atoms with van der Waals surface area (Å²) in [6.45, 7) is 2.91. The predicted octanol–water partition coefficient (Wildman–Crippen LogP) is 2.56. The Balaban J connectivity index is 2.57. The molecule has 1 aliphatic heterocycles. The molecule has 1 heterocycles. The van der Waals surface area contributed by atoms with Gasteiger partial charge in [-0.3, -0.25) is 0 Å². The molecule has 0 saturated heterocycles. The molecule has 4 nitrogen and oxygen atoms in total. The number of carbonyl (C=O) groups excluding carboxylic acids is 1. The molecule has 0 atom stereocenters. The highest BCUT2D eigenvalue weighted by Gasteiger charge is 2.27. The summed E-state index contributed by atoms with van der Waals surface area (Å²) < 4.78 is 15.5. The lowest BCUT2D eigenvalue weighted by atomic mass is 10.0.